The third-order valence-electron chi connectivity index (χ3n) is 5.26. The molecule has 0 aromatic carbocycles. The molecule has 2 heterocycles. The molecule has 0 amide bonds. The van der Waals surface area contributed by atoms with Gasteiger partial charge in [-0.25, -0.2) is 9.78 Å². The normalized spacial score (nSPS) is 12.2. The monoisotopic (exact) mass is 454 g/mol. The van der Waals surface area contributed by atoms with Crippen LogP contribution in [-0.4, -0.2) is 24.9 Å². The SMILES string of the molecule is CCCCCCCCCCCCSc1nc2c(c(=O)[nH]c(=O)n2C)n1C/C=C(/C)Cl. The quantitative estimate of drug-likeness (QED) is 0.298. The maximum atomic E-state index is 12.4. The number of hydrogen-bond acceptors (Lipinski definition) is 4. The van der Waals surface area contributed by atoms with Gasteiger partial charge in [-0.1, -0.05) is 94.1 Å². The Morgan fingerprint density at radius 2 is 1.67 bits per heavy atom. The summed E-state index contributed by atoms with van der Waals surface area (Å²) in [5.74, 6) is 0.940. The number of nitrogens with one attached hydrogen (secondary N) is 1. The number of thioether (sulfide) groups is 1. The Hall–Kier alpha value is -1.47. The molecule has 0 aliphatic heterocycles. The number of aromatic amines is 1. The molecule has 0 unspecified atom stereocenters. The first-order valence-electron chi connectivity index (χ1n) is 11.1. The average molecular weight is 455 g/mol. The molecule has 0 saturated heterocycles. The summed E-state index contributed by atoms with van der Waals surface area (Å²) >= 11 is 7.63. The highest BCUT2D eigenvalue weighted by Gasteiger charge is 2.17. The van der Waals surface area contributed by atoms with Gasteiger partial charge in [0.1, 0.15) is 0 Å². The number of H-pyrrole nitrogens is 1. The molecule has 30 heavy (non-hydrogen) atoms. The lowest BCUT2D eigenvalue weighted by Gasteiger charge is -2.06. The number of halogens is 1. The summed E-state index contributed by atoms with van der Waals surface area (Å²) in [6.07, 6.45) is 14.9. The first-order valence-corrected chi connectivity index (χ1v) is 12.5. The summed E-state index contributed by atoms with van der Waals surface area (Å²) in [6, 6.07) is 0. The Labute approximate surface area is 188 Å². The van der Waals surface area contributed by atoms with Crippen LogP contribution >= 0.6 is 23.4 Å². The predicted molar refractivity (Wildman–Crippen MR) is 128 cm³/mol. The van der Waals surface area contributed by atoms with E-state index in [4.69, 9.17) is 11.6 Å². The molecule has 6 nitrogen and oxygen atoms in total. The topological polar surface area (TPSA) is 72.7 Å². The van der Waals surface area contributed by atoms with Crippen LogP contribution in [-0.2, 0) is 13.6 Å². The maximum Gasteiger partial charge on any atom is 0.329 e. The predicted octanol–water partition coefficient (Wildman–Crippen LogP) is 5.58. The van der Waals surface area contributed by atoms with E-state index in [1.165, 1.54) is 62.4 Å². The lowest BCUT2D eigenvalue weighted by Crippen LogP contribution is -2.29. The molecule has 0 fully saturated rings. The second-order valence-corrected chi connectivity index (χ2v) is 9.48. The minimum Gasteiger partial charge on any atom is -0.309 e. The van der Waals surface area contributed by atoms with Gasteiger partial charge in [-0.3, -0.25) is 14.3 Å². The zero-order chi connectivity index (χ0) is 21.9. The van der Waals surface area contributed by atoms with Crippen molar-refractivity contribution in [3.8, 4) is 0 Å². The number of unbranched alkanes of at least 4 members (excludes halogenated alkanes) is 9. The van der Waals surface area contributed by atoms with E-state index in [-0.39, 0.29) is 0 Å². The summed E-state index contributed by atoms with van der Waals surface area (Å²) in [5.41, 5.74) is -0.0359. The van der Waals surface area contributed by atoms with Gasteiger partial charge in [0.05, 0.1) is 0 Å². The van der Waals surface area contributed by atoms with Crippen molar-refractivity contribution < 1.29 is 0 Å². The highest BCUT2D eigenvalue weighted by atomic mass is 35.5. The van der Waals surface area contributed by atoms with Crippen LogP contribution in [0.2, 0.25) is 0 Å². The van der Waals surface area contributed by atoms with E-state index in [1.807, 2.05) is 10.6 Å². The number of hydrogen-bond donors (Lipinski definition) is 1. The minimum absolute atomic E-state index is 0.410. The number of allylic oxidation sites excluding steroid dienone is 2. The summed E-state index contributed by atoms with van der Waals surface area (Å²) < 4.78 is 3.23. The first-order chi connectivity index (χ1) is 14.5. The van der Waals surface area contributed by atoms with Crippen molar-refractivity contribution in [1.29, 1.82) is 0 Å². The number of fused-ring (bicyclic) bond motifs is 1. The van der Waals surface area contributed by atoms with Crippen molar-refractivity contribution in [1.82, 2.24) is 19.1 Å². The highest BCUT2D eigenvalue weighted by Crippen LogP contribution is 2.23. The highest BCUT2D eigenvalue weighted by molar-refractivity contribution is 7.99. The van der Waals surface area contributed by atoms with Crippen LogP contribution in [0.5, 0.6) is 0 Å². The van der Waals surface area contributed by atoms with Crippen molar-refractivity contribution in [2.24, 2.45) is 7.05 Å². The molecule has 0 saturated carbocycles. The van der Waals surface area contributed by atoms with Crippen molar-refractivity contribution in [2.45, 2.75) is 89.8 Å². The van der Waals surface area contributed by atoms with Gasteiger partial charge < -0.3 is 4.57 Å². The van der Waals surface area contributed by atoms with Gasteiger partial charge in [0, 0.05) is 24.4 Å². The first kappa shape index (κ1) is 24.8. The van der Waals surface area contributed by atoms with Crippen LogP contribution in [0.3, 0.4) is 0 Å². The van der Waals surface area contributed by atoms with Crippen molar-refractivity contribution in [2.75, 3.05) is 5.75 Å². The summed E-state index contributed by atoms with van der Waals surface area (Å²) in [4.78, 5) is 31.3. The smallest absolute Gasteiger partial charge is 0.309 e. The van der Waals surface area contributed by atoms with E-state index in [0.717, 1.165) is 17.3 Å². The minimum atomic E-state index is -0.451. The number of imidazole rings is 1. The fraction of sp³-hybridized carbons (Fsp3) is 0.682. The summed E-state index contributed by atoms with van der Waals surface area (Å²) in [6.45, 7) is 4.51. The summed E-state index contributed by atoms with van der Waals surface area (Å²) in [7, 11) is 1.62. The number of aryl methyl sites for hydroxylation is 1. The number of nitrogens with zero attached hydrogens (tertiary/aromatic N) is 3. The van der Waals surface area contributed by atoms with Crippen molar-refractivity contribution in [3.05, 3.63) is 31.9 Å². The van der Waals surface area contributed by atoms with Gasteiger partial charge in [0.15, 0.2) is 16.3 Å². The Balaban J connectivity index is 1.91. The van der Waals surface area contributed by atoms with E-state index in [2.05, 4.69) is 16.9 Å². The molecule has 2 rings (SSSR count). The fourth-order valence-electron chi connectivity index (χ4n) is 3.46. The molecule has 0 aliphatic rings. The third-order valence-corrected chi connectivity index (χ3v) is 6.47. The average Bonchev–Trinajstić information content (AvgIpc) is 3.08. The standard InChI is InChI=1S/C22H35ClN4O2S/c1-4-5-6-7-8-9-10-11-12-13-16-30-22-24-19-18(27(22)15-14-17(2)23)20(28)25-21(29)26(19)3/h14H,4-13,15-16H2,1-3H3,(H,25,28,29)/b17-14-. The molecule has 1 N–H and O–H groups in total. The van der Waals surface area contributed by atoms with E-state index in [9.17, 15) is 9.59 Å². The molecule has 2 aromatic heterocycles. The van der Waals surface area contributed by atoms with Crippen LogP contribution in [0, 0.1) is 0 Å². The van der Waals surface area contributed by atoms with Gasteiger partial charge in [-0.15, -0.1) is 0 Å². The number of aromatic nitrogens is 4. The Kier molecular flexibility index (Phi) is 10.8. The van der Waals surface area contributed by atoms with Crippen LogP contribution in [0.25, 0.3) is 11.2 Å². The Morgan fingerprint density at radius 3 is 2.27 bits per heavy atom. The molecule has 0 spiro atoms. The largest absolute Gasteiger partial charge is 0.329 e. The molecule has 0 aliphatic carbocycles. The van der Waals surface area contributed by atoms with Crippen molar-refractivity contribution >= 4 is 34.5 Å². The molecule has 168 valence electrons. The summed E-state index contributed by atoms with van der Waals surface area (Å²) in [5, 5.41) is 1.41. The zero-order valence-corrected chi connectivity index (χ0v) is 20.1. The fourth-order valence-corrected chi connectivity index (χ4v) is 4.54. The zero-order valence-electron chi connectivity index (χ0n) is 18.5. The molecule has 0 bridgehead atoms. The molecule has 0 atom stereocenters. The maximum absolute atomic E-state index is 12.4. The van der Waals surface area contributed by atoms with E-state index in [0.29, 0.717) is 22.7 Å². The van der Waals surface area contributed by atoms with Crippen molar-refractivity contribution in [3.63, 3.8) is 0 Å². The molecular weight excluding hydrogens is 420 g/mol. The molecule has 0 radical (unpaired) electrons. The van der Waals surface area contributed by atoms with Gasteiger partial charge >= 0.3 is 5.69 Å². The molecule has 8 heteroatoms. The van der Waals surface area contributed by atoms with Gasteiger partial charge in [-0.2, -0.15) is 0 Å². The third kappa shape index (κ3) is 7.34. The van der Waals surface area contributed by atoms with E-state index < -0.39 is 11.2 Å². The van der Waals surface area contributed by atoms with E-state index >= 15 is 0 Å². The molecular formula is C22H35ClN4O2S. The lowest BCUT2D eigenvalue weighted by molar-refractivity contribution is 0.563. The van der Waals surface area contributed by atoms with Crippen LogP contribution in [0.1, 0.15) is 78.1 Å². The van der Waals surface area contributed by atoms with E-state index in [1.54, 1.807) is 25.7 Å². The van der Waals surface area contributed by atoms with Crippen LogP contribution < -0.4 is 11.2 Å². The second kappa shape index (κ2) is 13.1. The lowest BCUT2D eigenvalue weighted by atomic mass is 10.1. The van der Waals surface area contributed by atoms with Gasteiger partial charge in [0.25, 0.3) is 5.56 Å². The second-order valence-electron chi connectivity index (χ2n) is 7.82. The van der Waals surface area contributed by atoms with Gasteiger partial charge in [0.2, 0.25) is 0 Å². The Bertz CT molecular complexity index is 941. The number of rotatable bonds is 14. The Morgan fingerprint density at radius 1 is 1.07 bits per heavy atom. The van der Waals surface area contributed by atoms with Crippen LogP contribution in [0.15, 0.2) is 25.9 Å². The van der Waals surface area contributed by atoms with Gasteiger partial charge in [-0.05, 0) is 13.3 Å². The molecule has 2 aromatic rings. The van der Waals surface area contributed by atoms with Crippen LogP contribution in [0.4, 0.5) is 0 Å².